The molecule has 0 radical (unpaired) electrons. The number of aliphatic hydroxyl groups is 1. The number of imidazole rings is 1. The van der Waals surface area contributed by atoms with Crippen molar-refractivity contribution in [2.45, 2.75) is 25.2 Å². The Morgan fingerprint density at radius 1 is 1.15 bits per heavy atom. The Hall–Kier alpha value is -3.86. The van der Waals surface area contributed by atoms with Crippen LogP contribution in [0.2, 0.25) is 0 Å². The van der Waals surface area contributed by atoms with Gasteiger partial charge in [0, 0.05) is 43.2 Å². The van der Waals surface area contributed by atoms with E-state index in [-0.39, 0.29) is 36.8 Å². The Bertz CT molecular complexity index is 1100. The van der Waals surface area contributed by atoms with Crippen LogP contribution in [0.15, 0.2) is 67.3 Å². The third kappa shape index (κ3) is 7.62. The minimum Gasteiger partial charge on any atom is -0.491 e. The predicted octanol–water partition coefficient (Wildman–Crippen LogP) is 3.10. The number of aliphatic hydroxyl groups excluding tert-OH is 1. The molecule has 3 N–H and O–H groups in total. The molecular weight excluding hydrogens is 453 g/mol. The zero-order valence-electron chi connectivity index (χ0n) is 18.0. The summed E-state index contributed by atoms with van der Waals surface area (Å²) in [5.74, 6) is -0.766. The van der Waals surface area contributed by atoms with E-state index in [0.29, 0.717) is 12.2 Å². The molecule has 1 atom stereocenters. The van der Waals surface area contributed by atoms with Crippen LogP contribution in [0.25, 0.3) is 0 Å². The summed E-state index contributed by atoms with van der Waals surface area (Å²) in [5, 5.41) is 15.3. The molecule has 2 amide bonds. The molecule has 3 aromatic rings. The number of nitrogens with zero attached hydrogens (tertiary/aromatic N) is 2. The van der Waals surface area contributed by atoms with Crippen molar-refractivity contribution < 1.29 is 32.6 Å². The van der Waals surface area contributed by atoms with E-state index in [9.17, 15) is 27.9 Å². The third-order valence-electron chi connectivity index (χ3n) is 4.67. The summed E-state index contributed by atoms with van der Waals surface area (Å²) in [6.45, 7) is -0.0274. The van der Waals surface area contributed by atoms with Gasteiger partial charge in [-0.1, -0.05) is 12.1 Å². The lowest BCUT2D eigenvalue weighted by Gasteiger charge is -2.15. The maximum Gasteiger partial charge on any atom is 0.416 e. The van der Waals surface area contributed by atoms with Gasteiger partial charge >= 0.3 is 6.18 Å². The zero-order valence-corrected chi connectivity index (χ0v) is 18.0. The lowest BCUT2D eigenvalue weighted by molar-refractivity contribution is -0.137. The number of benzene rings is 2. The topological polar surface area (TPSA) is 105 Å². The molecule has 3 rings (SSSR count). The summed E-state index contributed by atoms with van der Waals surface area (Å²) < 4.78 is 45.2. The smallest absolute Gasteiger partial charge is 0.416 e. The third-order valence-corrected chi connectivity index (χ3v) is 4.67. The van der Waals surface area contributed by atoms with E-state index in [0.717, 1.165) is 12.1 Å². The summed E-state index contributed by atoms with van der Waals surface area (Å²) in [7, 11) is 0. The first kappa shape index (κ1) is 24.8. The van der Waals surface area contributed by atoms with E-state index in [1.54, 1.807) is 41.5 Å². The number of hydrogen-bond acceptors (Lipinski definition) is 5. The van der Waals surface area contributed by atoms with Crippen LogP contribution in [0, 0.1) is 0 Å². The van der Waals surface area contributed by atoms with Crippen LogP contribution in [0.3, 0.4) is 0 Å². The van der Waals surface area contributed by atoms with Gasteiger partial charge in [0.05, 0.1) is 11.9 Å². The Labute approximate surface area is 193 Å². The second kappa shape index (κ2) is 11.3. The van der Waals surface area contributed by atoms with E-state index in [2.05, 4.69) is 15.6 Å². The molecule has 1 aromatic heterocycles. The van der Waals surface area contributed by atoms with Gasteiger partial charge in [-0.05, 0) is 36.4 Å². The van der Waals surface area contributed by atoms with E-state index in [4.69, 9.17) is 4.74 Å². The predicted molar refractivity (Wildman–Crippen MR) is 117 cm³/mol. The van der Waals surface area contributed by atoms with Gasteiger partial charge in [0.25, 0.3) is 5.91 Å². The number of rotatable bonds is 10. The lowest BCUT2D eigenvalue weighted by Crippen LogP contribution is -2.35. The monoisotopic (exact) mass is 476 g/mol. The van der Waals surface area contributed by atoms with Crippen LogP contribution < -0.4 is 15.4 Å². The second-order valence-corrected chi connectivity index (χ2v) is 7.38. The Kier molecular flexibility index (Phi) is 8.25. The van der Waals surface area contributed by atoms with Crippen LogP contribution in [0.4, 0.5) is 18.9 Å². The van der Waals surface area contributed by atoms with Gasteiger partial charge in [0.1, 0.15) is 18.5 Å². The van der Waals surface area contributed by atoms with Crippen molar-refractivity contribution in [2.24, 2.45) is 0 Å². The number of amides is 2. The van der Waals surface area contributed by atoms with Crippen LogP contribution in [0.5, 0.6) is 5.75 Å². The Morgan fingerprint density at radius 2 is 1.94 bits per heavy atom. The van der Waals surface area contributed by atoms with Crippen LogP contribution >= 0.6 is 0 Å². The number of alkyl halides is 3. The molecule has 1 unspecified atom stereocenters. The summed E-state index contributed by atoms with van der Waals surface area (Å²) in [6.07, 6.45) is -0.446. The SMILES string of the molecule is O=C(CCn1ccnc1)Nc1cccc(C(=O)NCC(O)COc2cccc(C(F)(F)F)c2)c1. The molecular formula is C23H23F3N4O4. The molecule has 0 spiro atoms. The van der Waals surface area contributed by atoms with Crippen molar-refractivity contribution >= 4 is 17.5 Å². The highest BCUT2D eigenvalue weighted by molar-refractivity contribution is 5.97. The fourth-order valence-electron chi connectivity index (χ4n) is 2.94. The van der Waals surface area contributed by atoms with Gasteiger partial charge in [-0.15, -0.1) is 0 Å². The average molecular weight is 476 g/mol. The summed E-state index contributed by atoms with van der Waals surface area (Å²) >= 11 is 0. The van der Waals surface area contributed by atoms with Crippen molar-refractivity contribution in [3.05, 3.63) is 78.4 Å². The fraction of sp³-hybridized carbons (Fsp3) is 0.261. The molecule has 0 aliphatic rings. The van der Waals surface area contributed by atoms with Gasteiger partial charge in [0.15, 0.2) is 0 Å². The van der Waals surface area contributed by atoms with Gasteiger partial charge in [-0.2, -0.15) is 13.2 Å². The summed E-state index contributed by atoms with van der Waals surface area (Å²) in [4.78, 5) is 28.4. The highest BCUT2D eigenvalue weighted by Crippen LogP contribution is 2.31. The van der Waals surface area contributed by atoms with Crippen LogP contribution in [-0.4, -0.2) is 45.7 Å². The molecule has 1 heterocycles. The number of anilines is 1. The van der Waals surface area contributed by atoms with Crippen LogP contribution in [-0.2, 0) is 17.5 Å². The van der Waals surface area contributed by atoms with Crippen molar-refractivity contribution in [2.75, 3.05) is 18.5 Å². The van der Waals surface area contributed by atoms with E-state index >= 15 is 0 Å². The van der Waals surface area contributed by atoms with E-state index < -0.39 is 23.8 Å². The molecule has 0 bridgehead atoms. The number of carbonyl (C=O) groups is 2. The second-order valence-electron chi connectivity index (χ2n) is 7.38. The normalized spacial score (nSPS) is 12.1. The first-order valence-corrected chi connectivity index (χ1v) is 10.3. The highest BCUT2D eigenvalue weighted by Gasteiger charge is 2.30. The van der Waals surface area contributed by atoms with Gasteiger partial charge in [0.2, 0.25) is 5.91 Å². The van der Waals surface area contributed by atoms with Crippen molar-refractivity contribution in [1.29, 1.82) is 0 Å². The fourth-order valence-corrected chi connectivity index (χ4v) is 2.94. The highest BCUT2D eigenvalue weighted by atomic mass is 19.4. The first-order chi connectivity index (χ1) is 16.2. The Morgan fingerprint density at radius 3 is 2.68 bits per heavy atom. The summed E-state index contributed by atoms with van der Waals surface area (Å²) in [6, 6.07) is 10.6. The van der Waals surface area contributed by atoms with E-state index in [1.165, 1.54) is 18.2 Å². The number of aromatic nitrogens is 2. The minimum atomic E-state index is -4.50. The average Bonchev–Trinajstić information content (AvgIpc) is 3.33. The molecule has 0 saturated heterocycles. The number of carbonyl (C=O) groups excluding carboxylic acids is 2. The van der Waals surface area contributed by atoms with Gasteiger partial charge < -0.3 is 25.0 Å². The number of hydrogen-bond donors (Lipinski definition) is 3. The van der Waals surface area contributed by atoms with Crippen molar-refractivity contribution in [3.63, 3.8) is 0 Å². The molecule has 2 aromatic carbocycles. The molecule has 8 nitrogen and oxygen atoms in total. The largest absolute Gasteiger partial charge is 0.491 e. The molecule has 0 aliphatic carbocycles. The number of nitrogens with one attached hydrogen (secondary N) is 2. The quantitative estimate of drug-likeness (QED) is 0.417. The molecule has 0 aliphatic heterocycles. The van der Waals surface area contributed by atoms with Gasteiger partial charge in [-0.3, -0.25) is 9.59 Å². The minimum absolute atomic E-state index is 0.0447. The zero-order chi connectivity index (χ0) is 24.6. The number of ether oxygens (including phenoxy) is 1. The summed E-state index contributed by atoms with van der Waals surface area (Å²) in [5.41, 5.74) is -0.156. The molecule has 180 valence electrons. The molecule has 0 fully saturated rings. The molecule has 34 heavy (non-hydrogen) atoms. The van der Waals surface area contributed by atoms with E-state index in [1.807, 2.05) is 0 Å². The number of aryl methyl sites for hydroxylation is 1. The van der Waals surface area contributed by atoms with Crippen molar-refractivity contribution in [3.8, 4) is 5.75 Å². The molecule has 11 heteroatoms. The first-order valence-electron chi connectivity index (χ1n) is 10.3. The lowest BCUT2D eigenvalue weighted by atomic mass is 10.2. The van der Waals surface area contributed by atoms with Crippen LogP contribution in [0.1, 0.15) is 22.3 Å². The van der Waals surface area contributed by atoms with Crippen molar-refractivity contribution in [1.82, 2.24) is 14.9 Å². The Balaban J connectivity index is 1.45. The standard InChI is InChI=1S/C23H23F3N4O4/c24-23(25,26)17-4-2-6-20(12-17)34-14-19(31)13-28-22(33)16-3-1-5-18(11-16)29-21(32)7-9-30-10-8-27-15-30/h1-6,8,10-12,15,19,31H,7,9,13-14H2,(H,28,33)(H,29,32). The number of halogens is 3. The maximum absolute atomic E-state index is 12.8. The van der Waals surface area contributed by atoms with Gasteiger partial charge in [-0.25, -0.2) is 4.98 Å². The maximum atomic E-state index is 12.8. The molecule has 0 saturated carbocycles.